The third kappa shape index (κ3) is 5.00. The Morgan fingerprint density at radius 1 is 1.12 bits per heavy atom. The zero-order valence-corrected chi connectivity index (χ0v) is 14.7. The van der Waals surface area contributed by atoms with Gasteiger partial charge in [0.1, 0.15) is 0 Å². The molecule has 0 unspecified atom stereocenters. The topological polar surface area (TPSA) is 61.4 Å². The Labute approximate surface area is 151 Å². The Hall–Kier alpha value is -2.47. The third-order valence-electron chi connectivity index (χ3n) is 3.90. The molecule has 0 radical (unpaired) electrons. The molecule has 1 fully saturated rings. The van der Waals surface area contributed by atoms with E-state index in [2.05, 4.69) is 22.8 Å². The third-order valence-corrected chi connectivity index (χ3v) is 4.91. The smallest absolute Gasteiger partial charge is 0.239 e. The van der Waals surface area contributed by atoms with Crippen molar-refractivity contribution in [3.63, 3.8) is 0 Å². The standard InChI is InChI=1S/C19H21N3O2S/c23-18-12-22(11-10-20-18)17-9-5-4-8-16(17)21-19(24)14-25-13-15-6-2-1-3-7-15/h1-9H,10-14H2,(H,20,23)(H,21,24). The Balaban J connectivity index is 1.57. The SMILES string of the molecule is O=C1CN(c2ccccc2NC(=O)CSCc2ccccc2)CCN1. The first-order chi connectivity index (χ1) is 12.2. The van der Waals surface area contributed by atoms with E-state index in [1.54, 1.807) is 11.8 Å². The Bertz CT molecular complexity index is 736. The van der Waals surface area contributed by atoms with Crippen LogP contribution in [0.4, 0.5) is 11.4 Å². The van der Waals surface area contributed by atoms with E-state index in [0.717, 1.165) is 23.7 Å². The summed E-state index contributed by atoms with van der Waals surface area (Å²) in [5.74, 6) is 1.17. The van der Waals surface area contributed by atoms with Crippen molar-refractivity contribution < 1.29 is 9.59 Å². The van der Waals surface area contributed by atoms with Gasteiger partial charge in [-0.15, -0.1) is 11.8 Å². The number of para-hydroxylation sites is 2. The van der Waals surface area contributed by atoms with Gasteiger partial charge in [-0.25, -0.2) is 0 Å². The van der Waals surface area contributed by atoms with E-state index in [0.29, 0.717) is 18.8 Å². The minimum Gasteiger partial charge on any atom is -0.359 e. The van der Waals surface area contributed by atoms with Crippen LogP contribution in [0, 0.1) is 0 Å². The number of nitrogens with zero attached hydrogens (tertiary/aromatic N) is 1. The number of anilines is 2. The van der Waals surface area contributed by atoms with Crippen LogP contribution in [0.1, 0.15) is 5.56 Å². The Morgan fingerprint density at radius 3 is 2.68 bits per heavy atom. The van der Waals surface area contributed by atoms with Gasteiger partial charge < -0.3 is 15.5 Å². The van der Waals surface area contributed by atoms with Crippen molar-refractivity contribution in [1.29, 1.82) is 0 Å². The van der Waals surface area contributed by atoms with Crippen molar-refractivity contribution in [1.82, 2.24) is 5.32 Å². The molecule has 2 aromatic rings. The van der Waals surface area contributed by atoms with Gasteiger partial charge in [-0.05, 0) is 17.7 Å². The number of carbonyl (C=O) groups is 2. The number of carbonyl (C=O) groups excluding carboxylic acids is 2. The summed E-state index contributed by atoms with van der Waals surface area (Å²) < 4.78 is 0. The molecule has 0 atom stereocenters. The molecule has 2 amide bonds. The number of hydrogen-bond donors (Lipinski definition) is 2. The van der Waals surface area contributed by atoms with E-state index < -0.39 is 0 Å². The van der Waals surface area contributed by atoms with E-state index >= 15 is 0 Å². The molecule has 2 N–H and O–H groups in total. The quantitative estimate of drug-likeness (QED) is 0.836. The second-order valence-electron chi connectivity index (χ2n) is 5.82. The molecular formula is C19H21N3O2S. The van der Waals surface area contributed by atoms with E-state index in [-0.39, 0.29) is 11.8 Å². The van der Waals surface area contributed by atoms with Crippen LogP contribution < -0.4 is 15.5 Å². The first kappa shape index (κ1) is 17.4. The fourth-order valence-corrected chi connectivity index (χ4v) is 3.51. The van der Waals surface area contributed by atoms with Gasteiger partial charge >= 0.3 is 0 Å². The van der Waals surface area contributed by atoms with Gasteiger partial charge in [-0.1, -0.05) is 42.5 Å². The van der Waals surface area contributed by atoms with Crippen LogP contribution in [0.3, 0.4) is 0 Å². The van der Waals surface area contributed by atoms with Gasteiger partial charge in [0.05, 0.1) is 23.7 Å². The second-order valence-corrected chi connectivity index (χ2v) is 6.80. The lowest BCUT2D eigenvalue weighted by Crippen LogP contribution is -2.47. The number of amides is 2. The van der Waals surface area contributed by atoms with E-state index in [4.69, 9.17) is 0 Å². The molecule has 1 saturated heterocycles. The Morgan fingerprint density at radius 2 is 1.88 bits per heavy atom. The number of benzene rings is 2. The van der Waals surface area contributed by atoms with Gasteiger partial charge in [0.25, 0.3) is 0 Å². The summed E-state index contributed by atoms with van der Waals surface area (Å²) in [6.07, 6.45) is 0. The molecular weight excluding hydrogens is 334 g/mol. The molecule has 6 heteroatoms. The number of nitrogens with one attached hydrogen (secondary N) is 2. The van der Waals surface area contributed by atoms with Crippen LogP contribution in [0.25, 0.3) is 0 Å². The average molecular weight is 355 g/mol. The van der Waals surface area contributed by atoms with Crippen LogP contribution >= 0.6 is 11.8 Å². The van der Waals surface area contributed by atoms with Gasteiger partial charge in [-0.3, -0.25) is 9.59 Å². The van der Waals surface area contributed by atoms with Crippen molar-refractivity contribution in [3.8, 4) is 0 Å². The maximum Gasteiger partial charge on any atom is 0.239 e. The van der Waals surface area contributed by atoms with E-state index in [1.807, 2.05) is 47.4 Å². The number of rotatable bonds is 6. The van der Waals surface area contributed by atoms with Crippen LogP contribution in [0.5, 0.6) is 0 Å². The first-order valence-electron chi connectivity index (χ1n) is 8.24. The summed E-state index contributed by atoms with van der Waals surface area (Å²) in [5, 5.41) is 5.79. The van der Waals surface area contributed by atoms with Gasteiger partial charge in [0.15, 0.2) is 0 Å². The van der Waals surface area contributed by atoms with Crippen molar-refractivity contribution >= 4 is 35.0 Å². The highest BCUT2D eigenvalue weighted by Crippen LogP contribution is 2.26. The molecule has 3 rings (SSSR count). The van der Waals surface area contributed by atoms with Crippen LogP contribution in [0.15, 0.2) is 54.6 Å². The summed E-state index contributed by atoms with van der Waals surface area (Å²) in [6, 6.07) is 17.7. The number of thioether (sulfide) groups is 1. The molecule has 0 aliphatic carbocycles. The summed E-state index contributed by atoms with van der Waals surface area (Å²) in [5.41, 5.74) is 2.85. The maximum absolute atomic E-state index is 12.3. The van der Waals surface area contributed by atoms with E-state index in [1.165, 1.54) is 5.56 Å². The van der Waals surface area contributed by atoms with Gasteiger partial charge in [0, 0.05) is 18.8 Å². The fourth-order valence-electron chi connectivity index (χ4n) is 2.72. The zero-order valence-electron chi connectivity index (χ0n) is 13.9. The molecule has 1 heterocycles. The van der Waals surface area contributed by atoms with Gasteiger partial charge in [0.2, 0.25) is 11.8 Å². The molecule has 1 aliphatic rings. The lowest BCUT2D eigenvalue weighted by atomic mass is 10.2. The average Bonchev–Trinajstić information content (AvgIpc) is 2.63. The second kappa shape index (κ2) is 8.58. The largest absolute Gasteiger partial charge is 0.359 e. The van der Waals surface area contributed by atoms with Crippen molar-refractivity contribution in [2.45, 2.75) is 5.75 Å². The summed E-state index contributed by atoms with van der Waals surface area (Å²) in [6.45, 7) is 1.67. The Kier molecular flexibility index (Phi) is 5.95. The van der Waals surface area contributed by atoms with Crippen LogP contribution in [0.2, 0.25) is 0 Å². The number of piperazine rings is 1. The van der Waals surface area contributed by atoms with Crippen LogP contribution in [-0.4, -0.2) is 37.2 Å². The molecule has 25 heavy (non-hydrogen) atoms. The van der Waals surface area contributed by atoms with Gasteiger partial charge in [-0.2, -0.15) is 0 Å². The minimum atomic E-state index is -0.0326. The summed E-state index contributed by atoms with van der Waals surface area (Å²) in [7, 11) is 0. The normalized spacial score (nSPS) is 14.1. The monoisotopic (exact) mass is 355 g/mol. The predicted octanol–water partition coefficient (Wildman–Crippen LogP) is 2.49. The molecule has 0 saturated carbocycles. The lowest BCUT2D eigenvalue weighted by molar-refractivity contribution is -0.120. The molecule has 0 spiro atoms. The highest BCUT2D eigenvalue weighted by atomic mass is 32.2. The van der Waals surface area contributed by atoms with Crippen LogP contribution in [-0.2, 0) is 15.3 Å². The van der Waals surface area contributed by atoms with Crippen molar-refractivity contribution in [3.05, 3.63) is 60.2 Å². The molecule has 5 nitrogen and oxygen atoms in total. The molecule has 1 aliphatic heterocycles. The highest BCUT2D eigenvalue weighted by Gasteiger charge is 2.19. The highest BCUT2D eigenvalue weighted by molar-refractivity contribution is 7.99. The molecule has 130 valence electrons. The molecule has 2 aromatic carbocycles. The number of hydrogen-bond acceptors (Lipinski definition) is 4. The van der Waals surface area contributed by atoms with Crippen molar-refractivity contribution in [2.24, 2.45) is 0 Å². The molecule has 0 aromatic heterocycles. The summed E-state index contributed by atoms with van der Waals surface area (Å²) >= 11 is 1.59. The fraction of sp³-hybridized carbons (Fsp3) is 0.263. The van der Waals surface area contributed by atoms with E-state index in [9.17, 15) is 9.59 Å². The maximum atomic E-state index is 12.3. The lowest BCUT2D eigenvalue weighted by Gasteiger charge is -2.30. The predicted molar refractivity (Wildman–Crippen MR) is 103 cm³/mol. The minimum absolute atomic E-state index is 0.00537. The summed E-state index contributed by atoms with van der Waals surface area (Å²) in [4.78, 5) is 25.9. The van der Waals surface area contributed by atoms with Crippen molar-refractivity contribution in [2.75, 3.05) is 35.6 Å². The molecule has 0 bridgehead atoms. The first-order valence-corrected chi connectivity index (χ1v) is 9.40. The zero-order chi connectivity index (χ0) is 17.5.